The van der Waals surface area contributed by atoms with Gasteiger partial charge in [-0.1, -0.05) is 49.6 Å². The molecule has 67 heavy (non-hydrogen) atoms. The van der Waals surface area contributed by atoms with Gasteiger partial charge < -0.3 is 132 Å². The fourth-order valence-electron chi connectivity index (χ4n) is 6.70. The van der Waals surface area contributed by atoms with Gasteiger partial charge in [-0.05, 0) is 85.2 Å². The van der Waals surface area contributed by atoms with Gasteiger partial charge in [0.25, 0.3) is 0 Å². The van der Waals surface area contributed by atoms with Crippen LogP contribution < -0.4 is 77.1 Å². The van der Waals surface area contributed by atoms with Crippen LogP contribution in [-0.4, -0.2) is 111 Å². The molecule has 0 aromatic heterocycles. The summed E-state index contributed by atoms with van der Waals surface area (Å²) in [6.07, 6.45) is 5.21. The molecule has 2 amide bonds. The van der Waals surface area contributed by atoms with E-state index in [1.54, 1.807) is 31.4 Å². The number of ketones is 1. The first-order valence-corrected chi connectivity index (χ1v) is 35.5. The number of halogens is 2. The van der Waals surface area contributed by atoms with Crippen molar-refractivity contribution in [1.82, 2.24) is 0 Å². The zero-order valence-electron chi connectivity index (χ0n) is 37.9. The van der Waals surface area contributed by atoms with Crippen LogP contribution in [0, 0.1) is 94.7 Å². The number of benzene rings is 3. The van der Waals surface area contributed by atoms with Crippen LogP contribution in [0.15, 0.2) is 63.1 Å². The average molecular weight is 1150 g/mol. The number of rotatable bonds is 9. The average Bonchev–Trinajstić information content (AvgIpc) is 3.64. The molecule has 1 heterocycles. The molecular formula is C43H37Br2FeK3N10O8-8. The Morgan fingerprint density at radius 2 is 1.30 bits per heavy atom. The number of hydrogen-bond donors (Lipinski definition) is 4. The molecule has 6 rings (SSSR count). The Labute approximate surface area is 508 Å². The summed E-state index contributed by atoms with van der Waals surface area (Å²) >= 11 is 9.48. The number of amides is 2. The summed E-state index contributed by atoms with van der Waals surface area (Å²) in [5.41, 5.74) is 15.8. The van der Waals surface area contributed by atoms with Crippen LogP contribution in [0.2, 0.25) is 0 Å². The second-order valence-corrected chi connectivity index (χ2v) is 13.5. The molecule has 24 heteroatoms. The Morgan fingerprint density at radius 3 is 1.75 bits per heavy atom. The van der Waals surface area contributed by atoms with Gasteiger partial charge in [0, 0.05) is 43.9 Å². The standard InChI is InChI=1S/C18H20BrNO4.C17H16BrNO4.8CN.Fe.3K.H/c1-24-17-10-15(19)14(9-16(17)22)13(18(20)23)4-2-3-11-5-7-12(21)8-6-11;1-22-12-6-10(18)14-9(17(19)21)3-2-7-4-8(20)5-11-13(7)15(14)16(12)23-11;8*1-2;;;;;/h5-10,13,21-22H,2-4H2,1H3,(H2,20,23);4,6,9,11,13H,2-3,5H2,1H3,(H2,19,21);;;;;;;;;;;;;/q;;8*-1;;;;+1;-1. The summed E-state index contributed by atoms with van der Waals surface area (Å²) in [4.78, 5) is 35.9. The van der Waals surface area contributed by atoms with Gasteiger partial charge in [0.15, 0.2) is 28.8 Å². The monoisotopic (exact) mass is 1150 g/mol. The second kappa shape index (κ2) is 48.3. The van der Waals surface area contributed by atoms with Gasteiger partial charge in [-0.25, -0.2) is 0 Å². The number of phenolic OH excluding ortho intramolecular Hbond substituents is 2. The van der Waals surface area contributed by atoms with Crippen LogP contribution >= 0.6 is 31.9 Å². The molecule has 18 nitrogen and oxygen atoms in total. The van der Waals surface area contributed by atoms with Crippen molar-refractivity contribution in [1.29, 1.82) is 42.1 Å². The molecule has 0 saturated carbocycles. The molecule has 340 valence electrons. The molecule has 3 aliphatic rings. The van der Waals surface area contributed by atoms with E-state index < -0.39 is 17.7 Å². The predicted molar refractivity (Wildman–Crippen MR) is 234 cm³/mol. The van der Waals surface area contributed by atoms with Crippen molar-refractivity contribution in [2.75, 3.05) is 14.2 Å². The fraction of sp³-hybridized carbons (Fsp3) is 0.279. The SMILES string of the molecule is COc1cc(Br)c(C(CCCc2ccc(O)cc2)C(N)=O)cc1O.COc1cc(Br)c2c3c1OC1CC(=O)C=C(CCC2C(N)=O)C31.[C-]#N.[C-]#N.[C-]#N.[C-]#N.[C-]#N.[C-]#N.[C-]#N.[C-]#N.[Fe].[H-].[K+].[K][K]. The van der Waals surface area contributed by atoms with Gasteiger partial charge in [0.1, 0.15) is 11.9 Å². The van der Waals surface area contributed by atoms with Gasteiger partial charge in [-0.2, -0.15) is 0 Å². The van der Waals surface area contributed by atoms with E-state index in [-0.39, 0.29) is 105 Å². The second-order valence-electron chi connectivity index (χ2n) is 11.8. The maximum absolute atomic E-state index is 12.0. The fourth-order valence-corrected chi connectivity index (χ4v) is 8.00. The molecule has 4 unspecified atom stereocenters. The number of allylic oxidation sites excluding steroid dienone is 1. The van der Waals surface area contributed by atoms with Crippen molar-refractivity contribution in [3.63, 3.8) is 0 Å². The zero-order chi connectivity index (χ0) is 52.0. The molecule has 0 spiro atoms. The Morgan fingerprint density at radius 1 is 0.821 bits per heavy atom. The van der Waals surface area contributed by atoms with E-state index in [1.807, 2.05) is 18.2 Å². The van der Waals surface area contributed by atoms with E-state index in [0.717, 1.165) is 39.6 Å². The van der Waals surface area contributed by atoms with Gasteiger partial charge in [-0.15, -0.1) is 0 Å². The van der Waals surface area contributed by atoms with E-state index in [4.69, 9.17) is 120 Å². The number of carbonyl (C=O) groups excluding carboxylic acids is 3. The van der Waals surface area contributed by atoms with Gasteiger partial charge in [-0.3, -0.25) is 14.4 Å². The molecule has 3 aromatic carbocycles. The molecule has 2 aliphatic carbocycles. The third-order valence-corrected chi connectivity index (χ3v) is 10.3. The molecule has 1 aliphatic heterocycles. The van der Waals surface area contributed by atoms with Crippen LogP contribution in [0.1, 0.15) is 73.5 Å². The number of ether oxygens (including phenoxy) is 3. The summed E-state index contributed by atoms with van der Waals surface area (Å²) < 4.78 is 18.0. The molecule has 4 atom stereocenters. The number of carbonyl (C=O) groups is 3. The Hall–Kier alpha value is -2.68. The van der Waals surface area contributed by atoms with Crippen molar-refractivity contribution >= 4 is 113 Å². The van der Waals surface area contributed by atoms with Gasteiger partial charge >= 0.3 is 115 Å². The number of nitrogens with two attached hydrogens (primary N) is 2. The number of aryl methyl sites for hydroxylation is 1. The van der Waals surface area contributed by atoms with E-state index >= 15 is 0 Å². The summed E-state index contributed by atoms with van der Waals surface area (Å²) in [6, 6.07) is 11.9. The van der Waals surface area contributed by atoms with Crippen molar-refractivity contribution < 1.29 is 109 Å². The third kappa shape index (κ3) is 24.6. The van der Waals surface area contributed by atoms with Crippen molar-refractivity contribution in [2.45, 2.75) is 62.4 Å². The molecule has 0 radical (unpaired) electrons. The van der Waals surface area contributed by atoms with Crippen molar-refractivity contribution in [3.8, 4) is 28.7 Å². The normalized spacial score (nSPS) is 14.1. The van der Waals surface area contributed by atoms with E-state index in [9.17, 15) is 24.6 Å². The number of aromatic hydroxyl groups is 2. The number of nitrogens with zero attached hydrogens (tertiary/aromatic N) is 8. The zero-order valence-corrected chi connectivity index (χ0v) is 50.5. The predicted octanol–water partition coefficient (Wildman–Crippen LogP) is 3.15. The minimum atomic E-state index is -0.506. The molecule has 3 aromatic rings. The first-order chi connectivity index (χ1) is 31.4. The Balaban J connectivity index is -0.000000128. The number of phenols is 2. The summed E-state index contributed by atoms with van der Waals surface area (Å²) in [7, 11) is 3.05. The summed E-state index contributed by atoms with van der Waals surface area (Å²) in [5, 5.41) is 69.2. The number of primary amides is 2. The number of methoxy groups -OCH3 is 2. The summed E-state index contributed by atoms with van der Waals surface area (Å²) in [6.45, 7) is 38.0. The van der Waals surface area contributed by atoms with Crippen molar-refractivity contribution in [3.05, 3.63) is 138 Å². The number of hydrogen-bond acceptors (Lipinski definition) is 16. The summed E-state index contributed by atoms with van der Waals surface area (Å²) in [5.74, 6) is 0.181. The van der Waals surface area contributed by atoms with Crippen LogP contribution in [0.5, 0.6) is 28.7 Å². The van der Waals surface area contributed by atoms with Crippen molar-refractivity contribution in [2.24, 2.45) is 11.5 Å². The first-order valence-electron chi connectivity index (χ1n) is 17.9. The van der Waals surface area contributed by atoms with Crippen LogP contribution in [0.4, 0.5) is 0 Å². The minimum absolute atomic E-state index is 0. The van der Waals surface area contributed by atoms with E-state index in [1.165, 1.54) is 76.3 Å². The Bertz CT molecular complexity index is 2100. The molecule has 0 fully saturated rings. The third-order valence-electron chi connectivity index (χ3n) is 8.92. The quantitative estimate of drug-likeness (QED) is 0.177. The van der Waals surface area contributed by atoms with E-state index in [0.29, 0.717) is 53.0 Å². The van der Waals surface area contributed by atoms with Gasteiger partial charge in [0.05, 0.1) is 26.1 Å². The van der Waals surface area contributed by atoms with Gasteiger partial charge in [0.2, 0.25) is 11.8 Å². The van der Waals surface area contributed by atoms with Crippen LogP contribution in [-0.2, 0) is 37.9 Å². The van der Waals surface area contributed by atoms with Crippen LogP contribution in [0.25, 0.3) is 0 Å². The maximum atomic E-state index is 12.0. The van der Waals surface area contributed by atoms with Crippen LogP contribution in [0.3, 0.4) is 0 Å². The molecule has 0 bridgehead atoms. The molecule has 6 N–H and O–H groups in total. The van der Waals surface area contributed by atoms with E-state index in [2.05, 4.69) is 31.9 Å². The first kappa shape index (κ1) is 78.5. The molecular weight excluding hydrogens is 1120 g/mol. The Kier molecular flexibility index (Phi) is 56.6. The molecule has 0 saturated heterocycles. The topological polar surface area (TPSA) is 362 Å².